The fourth-order valence-electron chi connectivity index (χ4n) is 2.48. The number of hydrogen-bond donors (Lipinski definition) is 2. The lowest BCUT2D eigenvalue weighted by Gasteiger charge is -2.12. The van der Waals surface area contributed by atoms with E-state index in [1.165, 1.54) is 25.6 Å². The number of alkyl halides is 3. The van der Waals surface area contributed by atoms with Gasteiger partial charge in [-0.15, -0.1) is 0 Å². The molecule has 3 aromatic rings. The Hall–Kier alpha value is -3.49. The van der Waals surface area contributed by atoms with Gasteiger partial charge in [0, 0.05) is 23.5 Å². The van der Waals surface area contributed by atoms with Crippen LogP contribution >= 0.6 is 0 Å². The zero-order chi connectivity index (χ0) is 20.1. The molecule has 0 saturated heterocycles. The Kier molecular flexibility index (Phi) is 5.53. The van der Waals surface area contributed by atoms with Gasteiger partial charge in [-0.2, -0.15) is 13.2 Å². The van der Waals surface area contributed by atoms with E-state index < -0.39 is 11.7 Å². The van der Waals surface area contributed by atoms with Crippen molar-refractivity contribution in [2.45, 2.75) is 6.18 Å². The van der Waals surface area contributed by atoms with Crippen molar-refractivity contribution < 1.29 is 22.6 Å². The van der Waals surface area contributed by atoms with Crippen LogP contribution in [-0.2, 0) is 6.18 Å². The molecule has 0 spiro atoms. The molecule has 0 aliphatic heterocycles. The number of nitrogens with one attached hydrogen (secondary N) is 2. The van der Waals surface area contributed by atoms with Crippen molar-refractivity contribution in [3.8, 4) is 11.5 Å². The molecule has 2 N–H and O–H groups in total. The molecule has 1 aromatic heterocycles. The van der Waals surface area contributed by atoms with Crippen LogP contribution in [-0.4, -0.2) is 24.2 Å². The van der Waals surface area contributed by atoms with Crippen LogP contribution in [0.5, 0.6) is 11.5 Å². The van der Waals surface area contributed by atoms with Crippen LogP contribution in [0.1, 0.15) is 5.56 Å². The Morgan fingerprint density at radius 1 is 0.786 bits per heavy atom. The average Bonchev–Trinajstić information content (AvgIpc) is 2.68. The van der Waals surface area contributed by atoms with Gasteiger partial charge >= 0.3 is 6.18 Å². The van der Waals surface area contributed by atoms with Gasteiger partial charge in [-0.1, -0.05) is 6.07 Å². The van der Waals surface area contributed by atoms with Crippen molar-refractivity contribution in [3.63, 3.8) is 0 Å². The van der Waals surface area contributed by atoms with Crippen LogP contribution < -0.4 is 20.1 Å². The fourth-order valence-corrected chi connectivity index (χ4v) is 2.48. The summed E-state index contributed by atoms with van der Waals surface area (Å²) in [5, 5.41) is 5.93. The summed E-state index contributed by atoms with van der Waals surface area (Å²) in [5.74, 6) is 1.93. The Balaban J connectivity index is 1.78. The maximum Gasteiger partial charge on any atom is 0.416 e. The highest BCUT2D eigenvalue weighted by atomic mass is 19.4. The highest BCUT2D eigenvalue weighted by Gasteiger charge is 2.30. The van der Waals surface area contributed by atoms with E-state index in [1.54, 1.807) is 31.4 Å². The van der Waals surface area contributed by atoms with E-state index in [0.717, 1.165) is 12.1 Å². The molecule has 6 nitrogen and oxygen atoms in total. The zero-order valence-electron chi connectivity index (χ0n) is 15.0. The molecule has 0 atom stereocenters. The second kappa shape index (κ2) is 8.03. The third-order valence-electron chi connectivity index (χ3n) is 3.79. The second-order valence-electron chi connectivity index (χ2n) is 5.69. The van der Waals surface area contributed by atoms with Gasteiger partial charge in [0.1, 0.15) is 18.0 Å². The van der Waals surface area contributed by atoms with E-state index in [1.807, 2.05) is 0 Å². The van der Waals surface area contributed by atoms with E-state index in [9.17, 15) is 13.2 Å². The molecule has 9 heteroatoms. The number of methoxy groups -OCH3 is 2. The van der Waals surface area contributed by atoms with Gasteiger partial charge in [0.2, 0.25) is 0 Å². The van der Waals surface area contributed by atoms with E-state index in [-0.39, 0.29) is 5.69 Å². The third-order valence-corrected chi connectivity index (χ3v) is 3.79. The Labute approximate surface area is 159 Å². The second-order valence-corrected chi connectivity index (χ2v) is 5.69. The largest absolute Gasteiger partial charge is 0.493 e. The number of nitrogens with zero attached hydrogens (tertiary/aromatic N) is 2. The predicted molar refractivity (Wildman–Crippen MR) is 99.6 cm³/mol. The fraction of sp³-hybridized carbons (Fsp3) is 0.158. The minimum absolute atomic E-state index is 0.269. The third kappa shape index (κ3) is 4.61. The lowest BCUT2D eigenvalue weighted by Crippen LogP contribution is -2.05. The summed E-state index contributed by atoms with van der Waals surface area (Å²) in [6.45, 7) is 0. The first-order valence-corrected chi connectivity index (χ1v) is 8.14. The summed E-state index contributed by atoms with van der Waals surface area (Å²) in [6.07, 6.45) is -3.11. The van der Waals surface area contributed by atoms with Crippen LogP contribution in [0.2, 0.25) is 0 Å². The number of ether oxygens (including phenoxy) is 2. The monoisotopic (exact) mass is 390 g/mol. The molecule has 0 amide bonds. The van der Waals surface area contributed by atoms with Crippen molar-refractivity contribution in [2.24, 2.45) is 0 Å². The maximum atomic E-state index is 12.8. The number of anilines is 4. The molecule has 0 aliphatic rings. The summed E-state index contributed by atoms with van der Waals surface area (Å²) in [5.41, 5.74) is 0.224. The van der Waals surface area contributed by atoms with Gasteiger partial charge in [-0.3, -0.25) is 0 Å². The van der Waals surface area contributed by atoms with Crippen LogP contribution in [0.4, 0.5) is 36.2 Å². The van der Waals surface area contributed by atoms with Crippen molar-refractivity contribution in [3.05, 3.63) is 60.4 Å². The van der Waals surface area contributed by atoms with Gasteiger partial charge < -0.3 is 20.1 Å². The SMILES string of the molecule is COc1ccc(Nc2cc(Nc3cccc(C(F)(F)F)c3)ncn2)cc1OC. The first-order valence-electron chi connectivity index (χ1n) is 8.14. The van der Waals surface area contributed by atoms with E-state index in [0.29, 0.717) is 28.8 Å². The molecule has 2 aromatic carbocycles. The van der Waals surface area contributed by atoms with Crippen molar-refractivity contribution >= 4 is 23.0 Å². The van der Waals surface area contributed by atoms with Crippen molar-refractivity contribution in [1.29, 1.82) is 0 Å². The molecule has 0 fully saturated rings. The summed E-state index contributed by atoms with van der Waals surface area (Å²) in [4.78, 5) is 8.16. The predicted octanol–water partition coefficient (Wildman–Crippen LogP) is 5.00. The van der Waals surface area contributed by atoms with Crippen LogP contribution in [0, 0.1) is 0 Å². The normalized spacial score (nSPS) is 11.0. The molecule has 3 rings (SSSR count). The molecule has 1 heterocycles. The molecule has 0 unspecified atom stereocenters. The first-order chi connectivity index (χ1) is 13.4. The topological polar surface area (TPSA) is 68.3 Å². The Morgan fingerprint density at radius 2 is 1.43 bits per heavy atom. The molecule has 0 radical (unpaired) electrons. The summed E-state index contributed by atoms with van der Waals surface area (Å²) in [6, 6.07) is 11.7. The summed E-state index contributed by atoms with van der Waals surface area (Å²) in [7, 11) is 3.07. The molecule has 0 saturated carbocycles. The number of rotatable bonds is 6. The maximum absolute atomic E-state index is 12.8. The highest BCUT2D eigenvalue weighted by Crippen LogP contribution is 2.32. The Morgan fingerprint density at radius 3 is 2.04 bits per heavy atom. The minimum atomic E-state index is -4.41. The van der Waals surface area contributed by atoms with E-state index >= 15 is 0 Å². The van der Waals surface area contributed by atoms with Gasteiger partial charge in [0.15, 0.2) is 11.5 Å². The number of aromatic nitrogens is 2. The van der Waals surface area contributed by atoms with Gasteiger partial charge in [-0.05, 0) is 30.3 Å². The molecular weight excluding hydrogens is 373 g/mol. The first kappa shape index (κ1) is 19.3. The highest BCUT2D eigenvalue weighted by molar-refractivity contribution is 5.65. The molecule has 146 valence electrons. The number of halogens is 3. The molecular formula is C19H17F3N4O2. The van der Waals surface area contributed by atoms with E-state index in [2.05, 4.69) is 20.6 Å². The van der Waals surface area contributed by atoms with Crippen molar-refractivity contribution in [1.82, 2.24) is 9.97 Å². The minimum Gasteiger partial charge on any atom is -0.493 e. The summed E-state index contributed by atoms with van der Waals surface area (Å²) >= 11 is 0. The van der Waals surface area contributed by atoms with Gasteiger partial charge in [0.25, 0.3) is 0 Å². The van der Waals surface area contributed by atoms with Crippen LogP contribution in [0.3, 0.4) is 0 Å². The Bertz CT molecular complexity index is 964. The quantitative estimate of drug-likeness (QED) is 0.617. The number of benzene rings is 2. The molecule has 28 heavy (non-hydrogen) atoms. The average molecular weight is 390 g/mol. The van der Waals surface area contributed by atoms with Gasteiger partial charge in [0.05, 0.1) is 19.8 Å². The van der Waals surface area contributed by atoms with Crippen molar-refractivity contribution in [2.75, 3.05) is 24.9 Å². The molecule has 0 bridgehead atoms. The lowest BCUT2D eigenvalue weighted by molar-refractivity contribution is -0.137. The van der Waals surface area contributed by atoms with E-state index in [4.69, 9.17) is 9.47 Å². The molecule has 0 aliphatic carbocycles. The standard InChI is InChI=1S/C19H17F3N4O2/c1-27-15-7-6-14(9-16(15)28-2)26-18-10-17(23-11-24-18)25-13-5-3-4-12(8-13)19(20,21)22/h3-11H,1-2H3,(H2,23,24,25,26). The van der Waals surface area contributed by atoms with Crippen LogP contribution in [0.15, 0.2) is 54.9 Å². The number of hydrogen-bond acceptors (Lipinski definition) is 6. The summed E-state index contributed by atoms with van der Waals surface area (Å²) < 4.78 is 49.0. The van der Waals surface area contributed by atoms with Gasteiger partial charge in [-0.25, -0.2) is 9.97 Å². The lowest BCUT2D eigenvalue weighted by atomic mass is 10.2. The smallest absolute Gasteiger partial charge is 0.416 e. The van der Waals surface area contributed by atoms with Crippen LogP contribution in [0.25, 0.3) is 0 Å². The zero-order valence-corrected chi connectivity index (χ0v) is 15.0.